The summed E-state index contributed by atoms with van der Waals surface area (Å²) in [5.74, 6) is 0. The van der Waals surface area contributed by atoms with Crippen LogP contribution in [-0.2, 0) is 0 Å². The van der Waals surface area contributed by atoms with Crippen molar-refractivity contribution in [3.8, 4) is 0 Å². The molecule has 2 heterocycles. The van der Waals surface area contributed by atoms with Crippen molar-refractivity contribution in [3.63, 3.8) is 0 Å². The zero-order valence-electron chi connectivity index (χ0n) is 12.5. The highest BCUT2D eigenvalue weighted by atomic mass is 15.3. The number of hydrogen-bond donors (Lipinski definition) is 1. The molecule has 0 unspecified atom stereocenters. The number of aryl methyl sites for hydroxylation is 1. The summed E-state index contributed by atoms with van der Waals surface area (Å²) in [6.07, 6.45) is 3.88. The molecule has 0 amide bonds. The fourth-order valence-corrected chi connectivity index (χ4v) is 3.84. The fourth-order valence-electron chi connectivity index (χ4n) is 3.84. The Balaban J connectivity index is 1.76. The summed E-state index contributed by atoms with van der Waals surface area (Å²) in [6.45, 7) is 3.23. The summed E-state index contributed by atoms with van der Waals surface area (Å²) >= 11 is 0. The first-order valence-electron chi connectivity index (χ1n) is 8.01. The van der Waals surface area contributed by atoms with E-state index >= 15 is 0 Å². The molecular formula is C19H22N2. The summed E-state index contributed by atoms with van der Waals surface area (Å²) in [7, 11) is 0. The van der Waals surface area contributed by atoms with E-state index in [1.54, 1.807) is 0 Å². The maximum absolute atomic E-state index is 3.60. The normalized spacial score (nSPS) is 24.0. The van der Waals surface area contributed by atoms with Gasteiger partial charge in [0, 0.05) is 12.6 Å². The van der Waals surface area contributed by atoms with E-state index < -0.39 is 0 Å². The second-order valence-corrected chi connectivity index (χ2v) is 6.32. The van der Waals surface area contributed by atoms with Crippen LogP contribution in [0.1, 0.15) is 36.4 Å². The van der Waals surface area contributed by atoms with Crippen LogP contribution in [0.4, 0.5) is 11.4 Å². The Labute approximate surface area is 126 Å². The molecule has 1 fully saturated rings. The zero-order valence-corrected chi connectivity index (χ0v) is 12.5. The van der Waals surface area contributed by atoms with Crippen molar-refractivity contribution in [2.24, 2.45) is 0 Å². The van der Waals surface area contributed by atoms with E-state index in [1.165, 1.54) is 41.8 Å². The van der Waals surface area contributed by atoms with E-state index in [-0.39, 0.29) is 0 Å². The highest BCUT2D eigenvalue weighted by Gasteiger charge is 2.35. The van der Waals surface area contributed by atoms with Gasteiger partial charge in [0.25, 0.3) is 0 Å². The zero-order chi connectivity index (χ0) is 14.2. The van der Waals surface area contributed by atoms with Crippen LogP contribution >= 0.6 is 0 Å². The Morgan fingerprint density at radius 3 is 2.67 bits per heavy atom. The first-order valence-corrected chi connectivity index (χ1v) is 8.01. The maximum Gasteiger partial charge on any atom is 0.0610 e. The highest BCUT2D eigenvalue weighted by Crippen LogP contribution is 2.43. The molecular weight excluding hydrogens is 256 g/mol. The Morgan fingerprint density at radius 1 is 1.00 bits per heavy atom. The second kappa shape index (κ2) is 5.10. The first-order chi connectivity index (χ1) is 10.3. The number of fused-ring (bicyclic) bond motifs is 3. The number of nitrogens with one attached hydrogen (secondary N) is 1. The molecule has 1 saturated heterocycles. The molecule has 2 heteroatoms. The largest absolute Gasteiger partial charge is 0.381 e. The van der Waals surface area contributed by atoms with Crippen LogP contribution in [0, 0.1) is 6.92 Å². The van der Waals surface area contributed by atoms with Crippen molar-refractivity contribution in [2.75, 3.05) is 16.8 Å². The van der Waals surface area contributed by atoms with E-state index in [1.807, 2.05) is 0 Å². The lowest BCUT2D eigenvalue weighted by molar-refractivity contribution is 0.391. The minimum absolute atomic E-state index is 0.521. The van der Waals surface area contributed by atoms with E-state index in [2.05, 4.69) is 65.7 Å². The minimum Gasteiger partial charge on any atom is -0.381 e. The van der Waals surface area contributed by atoms with Crippen LogP contribution in [0.25, 0.3) is 0 Å². The third-order valence-electron chi connectivity index (χ3n) is 4.92. The van der Waals surface area contributed by atoms with Crippen LogP contribution in [0.3, 0.4) is 0 Å². The van der Waals surface area contributed by atoms with Gasteiger partial charge in [0.2, 0.25) is 0 Å². The van der Waals surface area contributed by atoms with Crippen LogP contribution in [0.15, 0.2) is 48.5 Å². The number of hydrogen-bond acceptors (Lipinski definition) is 2. The van der Waals surface area contributed by atoms with Crippen LogP contribution in [0.5, 0.6) is 0 Å². The summed E-state index contributed by atoms with van der Waals surface area (Å²) < 4.78 is 0. The summed E-state index contributed by atoms with van der Waals surface area (Å²) in [5, 5.41) is 3.60. The average molecular weight is 278 g/mol. The molecule has 2 aliphatic heterocycles. The molecule has 1 N–H and O–H groups in total. The van der Waals surface area contributed by atoms with Crippen molar-refractivity contribution < 1.29 is 0 Å². The molecule has 0 aromatic heterocycles. The quantitative estimate of drug-likeness (QED) is 0.825. The van der Waals surface area contributed by atoms with Gasteiger partial charge in [-0.25, -0.2) is 0 Å². The van der Waals surface area contributed by atoms with Crippen LogP contribution < -0.4 is 10.2 Å². The molecule has 0 saturated carbocycles. The molecule has 0 spiro atoms. The van der Waals surface area contributed by atoms with Gasteiger partial charge >= 0.3 is 0 Å². The lowest BCUT2D eigenvalue weighted by atomic mass is 9.88. The number of rotatable bonds is 1. The number of anilines is 2. The number of para-hydroxylation sites is 2. The third-order valence-corrected chi connectivity index (χ3v) is 4.92. The fraction of sp³-hybridized carbons (Fsp3) is 0.368. The first kappa shape index (κ1) is 12.8. The lowest BCUT2D eigenvalue weighted by Gasteiger charge is -2.48. The highest BCUT2D eigenvalue weighted by molar-refractivity contribution is 5.73. The second-order valence-electron chi connectivity index (χ2n) is 6.32. The Bertz CT molecular complexity index is 632. The van der Waals surface area contributed by atoms with Gasteiger partial charge in [-0.05, 0) is 43.9 Å². The molecule has 0 radical (unpaired) electrons. The lowest BCUT2D eigenvalue weighted by Crippen LogP contribution is -2.48. The predicted octanol–water partition coefficient (Wildman–Crippen LogP) is 4.52. The third kappa shape index (κ3) is 2.19. The van der Waals surface area contributed by atoms with Crippen LogP contribution in [0.2, 0.25) is 0 Å². The number of piperidine rings is 1. The summed E-state index contributed by atoms with van der Waals surface area (Å²) in [4.78, 5) is 2.67. The molecule has 21 heavy (non-hydrogen) atoms. The maximum atomic E-state index is 3.60. The van der Waals surface area contributed by atoms with Gasteiger partial charge in [-0.3, -0.25) is 0 Å². The van der Waals surface area contributed by atoms with Gasteiger partial charge in [0.05, 0.1) is 17.4 Å². The number of benzene rings is 2. The molecule has 4 rings (SSSR count). The Hall–Kier alpha value is -1.96. The van der Waals surface area contributed by atoms with Gasteiger partial charge in [-0.2, -0.15) is 0 Å². The molecule has 2 aliphatic rings. The Kier molecular flexibility index (Phi) is 3.10. The van der Waals surface area contributed by atoms with Crippen molar-refractivity contribution in [3.05, 3.63) is 59.7 Å². The predicted molar refractivity (Wildman–Crippen MR) is 89.0 cm³/mol. The van der Waals surface area contributed by atoms with Gasteiger partial charge in [-0.15, -0.1) is 0 Å². The van der Waals surface area contributed by atoms with Crippen LogP contribution in [-0.4, -0.2) is 12.6 Å². The summed E-state index contributed by atoms with van der Waals surface area (Å²) in [6, 6.07) is 19.0. The number of nitrogens with zero attached hydrogens (tertiary/aromatic N) is 1. The molecule has 0 aliphatic carbocycles. The Morgan fingerprint density at radius 2 is 1.81 bits per heavy atom. The van der Waals surface area contributed by atoms with Gasteiger partial charge in [0.1, 0.15) is 0 Å². The van der Waals surface area contributed by atoms with Crippen molar-refractivity contribution in [2.45, 2.75) is 38.3 Å². The van der Waals surface area contributed by atoms with Crippen molar-refractivity contribution in [1.82, 2.24) is 0 Å². The van der Waals surface area contributed by atoms with E-state index in [9.17, 15) is 0 Å². The van der Waals surface area contributed by atoms with Crippen molar-refractivity contribution >= 4 is 11.4 Å². The van der Waals surface area contributed by atoms with E-state index in [0.717, 1.165) is 6.54 Å². The van der Waals surface area contributed by atoms with E-state index in [0.29, 0.717) is 12.1 Å². The molecule has 0 bridgehead atoms. The molecule has 2 atom stereocenters. The summed E-state index contributed by atoms with van der Waals surface area (Å²) in [5.41, 5.74) is 5.46. The SMILES string of the molecule is Cc1ccc([C@@H]2CCC[C@@H]3CNc4ccccc4N32)cc1. The molecule has 2 aromatic carbocycles. The average Bonchev–Trinajstić information content (AvgIpc) is 2.55. The molecule has 2 aromatic rings. The minimum atomic E-state index is 0.521. The smallest absolute Gasteiger partial charge is 0.0610 e. The monoisotopic (exact) mass is 278 g/mol. The molecule has 108 valence electrons. The van der Waals surface area contributed by atoms with Gasteiger partial charge < -0.3 is 10.2 Å². The van der Waals surface area contributed by atoms with Gasteiger partial charge in [-0.1, -0.05) is 42.0 Å². The van der Waals surface area contributed by atoms with Gasteiger partial charge in [0.15, 0.2) is 0 Å². The standard InChI is InChI=1S/C19H22N2/c1-14-9-11-15(12-10-14)18-8-4-5-16-13-20-17-6-2-3-7-19(17)21(16)18/h2-3,6-7,9-12,16,18,20H,4-5,8,13H2,1H3/t16-,18+/m1/s1. The van der Waals surface area contributed by atoms with Crippen molar-refractivity contribution in [1.29, 1.82) is 0 Å². The topological polar surface area (TPSA) is 15.3 Å². The van der Waals surface area contributed by atoms with E-state index in [4.69, 9.17) is 0 Å². The molecule has 2 nitrogen and oxygen atoms in total.